The molecule has 68 heavy (non-hydrogen) atoms. The van der Waals surface area contributed by atoms with Crippen LogP contribution >= 0.6 is 0 Å². The van der Waals surface area contributed by atoms with Gasteiger partial charge >= 0.3 is 5.97 Å². The minimum Gasteiger partial charge on any atom is -0.497 e. The first-order valence-electron chi connectivity index (χ1n) is 22.6. The van der Waals surface area contributed by atoms with Crippen molar-refractivity contribution in [1.82, 2.24) is 9.55 Å². The smallest absolute Gasteiger partial charge is 0.302 e. The number of anilines is 3. The van der Waals surface area contributed by atoms with Crippen molar-refractivity contribution in [3.05, 3.63) is 201 Å². The van der Waals surface area contributed by atoms with Crippen molar-refractivity contribution in [2.75, 3.05) is 64.3 Å². The lowest BCUT2D eigenvalue weighted by Gasteiger charge is -2.50. The summed E-state index contributed by atoms with van der Waals surface area (Å²) < 4.78 is 37.0. The Morgan fingerprint density at radius 2 is 1.06 bits per heavy atom. The third kappa shape index (κ3) is 8.02. The van der Waals surface area contributed by atoms with Gasteiger partial charge in [-0.15, -0.1) is 0 Å². The first-order valence-corrected chi connectivity index (χ1v) is 22.6. The molecule has 1 fully saturated rings. The molecule has 0 unspecified atom stereocenters. The molecule has 13 heteroatoms. The zero-order valence-corrected chi connectivity index (χ0v) is 38.8. The first-order chi connectivity index (χ1) is 33.2. The van der Waals surface area contributed by atoms with Gasteiger partial charge in [0.05, 0.1) is 48.3 Å². The largest absolute Gasteiger partial charge is 0.497 e. The molecule has 3 atom stereocenters. The van der Waals surface area contributed by atoms with Crippen molar-refractivity contribution in [3.8, 4) is 23.0 Å². The van der Waals surface area contributed by atoms with Crippen LogP contribution in [0.4, 0.5) is 17.5 Å². The zero-order valence-electron chi connectivity index (χ0n) is 38.8. The van der Waals surface area contributed by atoms with E-state index in [0.29, 0.717) is 40.9 Å². The molecule has 348 valence electrons. The molecule has 6 aromatic carbocycles. The van der Waals surface area contributed by atoms with Gasteiger partial charge in [0, 0.05) is 24.8 Å². The summed E-state index contributed by atoms with van der Waals surface area (Å²) >= 11 is 0. The van der Waals surface area contributed by atoms with E-state index in [1.54, 1.807) is 33.0 Å². The van der Waals surface area contributed by atoms with Gasteiger partial charge < -0.3 is 44.4 Å². The van der Waals surface area contributed by atoms with Crippen LogP contribution in [0, 0.1) is 11.8 Å². The topological polar surface area (TPSA) is 149 Å². The van der Waals surface area contributed by atoms with Crippen LogP contribution in [0.1, 0.15) is 46.7 Å². The van der Waals surface area contributed by atoms with Gasteiger partial charge in [-0.05, 0) is 88.3 Å². The fourth-order valence-corrected chi connectivity index (χ4v) is 10.1. The summed E-state index contributed by atoms with van der Waals surface area (Å²) in [6, 6.07) is 50.8. The van der Waals surface area contributed by atoms with E-state index in [1.807, 2.05) is 146 Å². The standard InChI is InChI=1S/C55H55N5O8/c1-36(61)67-33-37-32-49(48(37)34-68-55(41-14-10-7-11-15-41,42-20-28-46(65-4)29-21-42)43-22-30-47(66-5)31-23-43)59-35-57-50-51(59)58-53(56)60(52(50)62)54(38-12-8-6-9-13-38,39-16-24-44(63-2)25-17-39)40-18-26-45(64-3)27-19-40/h6-31,37,48-49,57H,32-35H2,1-5H3,(H2,56,58)/t37-,48-,49-/m1/s1. The zero-order chi connectivity index (χ0) is 47.4. The number of carbonyl (C=O) groups excluding carboxylic acids is 1. The van der Waals surface area contributed by atoms with Crippen LogP contribution in [0.2, 0.25) is 0 Å². The minimum absolute atomic E-state index is 0.0173. The normalized spacial score (nSPS) is 16.5. The average molecular weight is 914 g/mol. The fourth-order valence-electron chi connectivity index (χ4n) is 10.1. The lowest BCUT2D eigenvalue weighted by molar-refractivity contribution is -0.146. The van der Waals surface area contributed by atoms with Crippen molar-refractivity contribution >= 4 is 23.4 Å². The monoisotopic (exact) mass is 913 g/mol. The number of nitrogens with one attached hydrogen (secondary N) is 1. The van der Waals surface area contributed by atoms with E-state index in [2.05, 4.69) is 22.3 Å². The van der Waals surface area contributed by atoms with Gasteiger partial charge in [-0.2, -0.15) is 4.98 Å². The van der Waals surface area contributed by atoms with Crippen LogP contribution in [0.25, 0.3) is 0 Å². The highest BCUT2D eigenvalue weighted by atomic mass is 16.5. The molecule has 0 spiro atoms. The first kappa shape index (κ1) is 45.4. The lowest BCUT2D eigenvalue weighted by Crippen LogP contribution is -2.57. The molecule has 0 bridgehead atoms. The van der Waals surface area contributed by atoms with Crippen LogP contribution in [-0.2, 0) is 25.4 Å². The summed E-state index contributed by atoms with van der Waals surface area (Å²) in [6.07, 6.45) is 0.641. The van der Waals surface area contributed by atoms with Crippen molar-refractivity contribution in [2.45, 2.75) is 30.5 Å². The molecule has 0 amide bonds. The highest BCUT2D eigenvalue weighted by molar-refractivity contribution is 5.73. The molecule has 1 saturated carbocycles. The van der Waals surface area contributed by atoms with E-state index >= 15 is 4.79 Å². The van der Waals surface area contributed by atoms with Crippen LogP contribution in [0.3, 0.4) is 0 Å². The molecule has 1 aromatic heterocycles. The number of carbonyl (C=O) groups is 1. The van der Waals surface area contributed by atoms with Gasteiger partial charge in [-0.1, -0.05) is 109 Å². The van der Waals surface area contributed by atoms with E-state index < -0.39 is 11.1 Å². The second-order valence-corrected chi connectivity index (χ2v) is 17.0. The predicted octanol–water partition coefficient (Wildman–Crippen LogP) is 8.47. The Labute approximate surface area is 396 Å². The maximum absolute atomic E-state index is 15.5. The maximum Gasteiger partial charge on any atom is 0.302 e. The number of hydrogen-bond acceptors (Lipinski definition) is 12. The number of benzene rings is 6. The molecule has 1 aliphatic heterocycles. The van der Waals surface area contributed by atoms with E-state index in [1.165, 1.54) is 6.92 Å². The number of nitrogens with two attached hydrogens (primary N) is 1. The Bertz CT molecular complexity index is 2800. The van der Waals surface area contributed by atoms with Crippen molar-refractivity contribution in [3.63, 3.8) is 0 Å². The Morgan fingerprint density at radius 3 is 1.51 bits per heavy atom. The fraction of sp³-hybridized carbons (Fsp3) is 0.255. The minimum atomic E-state index is -1.29. The van der Waals surface area contributed by atoms with Gasteiger partial charge in [-0.3, -0.25) is 14.2 Å². The Hall–Kier alpha value is -7.77. The summed E-state index contributed by atoms with van der Waals surface area (Å²) in [6.45, 7) is 2.15. The number of methoxy groups -OCH3 is 4. The van der Waals surface area contributed by atoms with Crippen LogP contribution in [-0.4, -0.2) is 69.9 Å². The lowest BCUT2D eigenvalue weighted by atomic mass is 9.69. The van der Waals surface area contributed by atoms with E-state index in [0.717, 1.165) is 33.4 Å². The summed E-state index contributed by atoms with van der Waals surface area (Å²) in [5, 5.41) is 3.44. The van der Waals surface area contributed by atoms with Crippen molar-refractivity contribution < 1.29 is 33.2 Å². The van der Waals surface area contributed by atoms with Gasteiger partial charge in [0.2, 0.25) is 5.95 Å². The van der Waals surface area contributed by atoms with Crippen LogP contribution in [0.5, 0.6) is 23.0 Å². The molecular formula is C55H55N5O8. The number of nitrogens with zero attached hydrogens (tertiary/aromatic N) is 3. The molecule has 9 rings (SSSR count). The second kappa shape index (κ2) is 19.2. The Kier molecular flexibility index (Phi) is 12.8. The Morgan fingerprint density at radius 1 is 0.632 bits per heavy atom. The molecular weight excluding hydrogens is 859 g/mol. The van der Waals surface area contributed by atoms with Crippen molar-refractivity contribution in [1.29, 1.82) is 0 Å². The van der Waals surface area contributed by atoms with E-state index in [4.69, 9.17) is 39.1 Å². The summed E-state index contributed by atoms with van der Waals surface area (Å²) in [7, 11) is 6.52. The van der Waals surface area contributed by atoms with Crippen LogP contribution < -0.4 is 40.5 Å². The van der Waals surface area contributed by atoms with Gasteiger partial charge in [0.15, 0.2) is 5.82 Å². The molecule has 7 aromatic rings. The molecule has 0 radical (unpaired) electrons. The van der Waals surface area contributed by atoms with E-state index in [9.17, 15) is 4.79 Å². The third-order valence-corrected chi connectivity index (χ3v) is 13.5. The number of aromatic nitrogens is 2. The average Bonchev–Trinajstić information content (AvgIpc) is 3.80. The Balaban J connectivity index is 1.15. The second-order valence-electron chi connectivity index (χ2n) is 17.0. The number of hydrogen-bond donors (Lipinski definition) is 2. The molecule has 2 heterocycles. The predicted molar refractivity (Wildman–Crippen MR) is 262 cm³/mol. The quantitative estimate of drug-likeness (QED) is 0.0667. The highest BCUT2D eigenvalue weighted by Crippen LogP contribution is 2.49. The summed E-state index contributed by atoms with van der Waals surface area (Å²) in [5.74, 6) is 2.60. The molecule has 3 N–H and O–H groups in total. The molecule has 0 saturated heterocycles. The van der Waals surface area contributed by atoms with Gasteiger partial charge in [0.25, 0.3) is 5.56 Å². The van der Waals surface area contributed by atoms with Gasteiger partial charge in [0.1, 0.15) is 39.8 Å². The number of rotatable bonds is 17. The SMILES string of the molecule is COc1ccc(C(OC[C@@H]2[C@@H](COC(C)=O)C[C@H]2N2CNc3c2nc(N)n(C(c2ccccc2)(c2ccc(OC)cc2)c2ccc(OC)cc2)c3=O)(c2ccccc2)c2ccc(OC)cc2)cc1. The maximum atomic E-state index is 15.5. The van der Waals surface area contributed by atoms with E-state index in [-0.39, 0.29) is 55.2 Å². The molecule has 1 aliphatic carbocycles. The number of ether oxygens (including phenoxy) is 6. The summed E-state index contributed by atoms with van der Waals surface area (Å²) in [5.41, 5.74) is 9.78. The highest BCUT2D eigenvalue weighted by Gasteiger charge is 2.50. The number of fused-ring (bicyclic) bond motifs is 1. The van der Waals surface area contributed by atoms with Gasteiger partial charge in [-0.25, -0.2) is 0 Å². The third-order valence-electron chi connectivity index (χ3n) is 13.5. The summed E-state index contributed by atoms with van der Waals surface area (Å²) in [4.78, 5) is 35.0. The molecule has 2 aliphatic rings. The number of nitrogen functional groups attached to an aromatic ring is 1. The van der Waals surface area contributed by atoms with Crippen LogP contribution in [0.15, 0.2) is 163 Å². The van der Waals surface area contributed by atoms with Crippen molar-refractivity contribution in [2.24, 2.45) is 11.8 Å². The molecule has 13 nitrogen and oxygen atoms in total. The number of esters is 1.